The number of carbonyl (C=O) groups excluding carboxylic acids is 1. The van der Waals surface area contributed by atoms with Gasteiger partial charge >= 0.3 is 0 Å². The summed E-state index contributed by atoms with van der Waals surface area (Å²) in [6.07, 6.45) is -0.164. The quantitative estimate of drug-likeness (QED) is 0.326. The Kier molecular flexibility index (Phi) is 4.13. The van der Waals surface area contributed by atoms with Crippen molar-refractivity contribution >= 4 is 29.0 Å². The van der Waals surface area contributed by atoms with Crippen molar-refractivity contribution in [2.45, 2.75) is 13.3 Å². The lowest BCUT2D eigenvalue weighted by Crippen LogP contribution is -2.22. The molecule has 0 atom stereocenters. The minimum absolute atomic E-state index is 0.141. The largest absolute Gasteiger partial charge is 0.409 e. The van der Waals surface area contributed by atoms with Crippen molar-refractivity contribution in [2.24, 2.45) is 10.9 Å². The number of hydrogen-bond acceptors (Lipinski definition) is 3. The number of halogens is 1. The van der Waals surface area contributed by atoms with E-state index in [1.165, 1.54) is 0 Å². The summed E-state index contributed by atoms with van der Waals surface area (Å²) in [5.41, 5.74) is 6.60. The number of rotatable bonds is 3. The number of oxime groups is 1. The molecule has 0 bridgehead atoms. The molecule has 0 saturated carbocycles. The third-order valence-corrected chi connectivity index (χ3v) is 2.42. The molecule has 0 spiro atoms. The summed E-state index contributed by atoms with van der Waals surface area (Å²) >= 11 is 5.89. The van der Waals surface area contributed by atoms with Crippen LogP contribution in [0.3, 0.4) is 0 Å². The van der Waals surface area contributed by atoms with Crippen LogP contribution in [0.25, 0.3) is 0 Å². The van der Waals surface area contributed by atoms with Crippen LogP contribution in [0.15, 0.2) is 23.4 Å². The fraction of sp³-hybridized carbons (Fsp3) is 0.200. The van der Waals surface area contributed by atoms with E-state index in [1.807, 2.05) is 0 Å². The standard InChI is InChI=1S/C10H12ClN3O2/c1-6-7(11)3-2-4-8(6)13-10(15)5-9(12)14-16/h2-4,16H,5H2,1H3,(H2,12,14)(H,13,15). The molecule has 0 aromatic heterocycles. The van der Waals surface area contributed by atoms with Gasteiger partial charge in [0.05, 0.1) is 6.42 Å². The Balaban J connectivity index is 2.74. The number of carbonyl (C=O) groups is 1. The van der Waals surface area contributed by atoms with Crippen molar-refractivity contribution in [2.75, 3.05) is 5.32 Å². The smallest absolute Gasteiger partial charge is 0.232 e. The van der Waals surface area contributed by atoms with Crippen molar-refractivity contribution in [3.05, 3.63) is 28.8 Å². The van der Waals surface area contributed by atoms with Crippen molar-refractivity contribution < 1.29 is 10.0 Å². The maximum absolute atomic E-state index is 11.4. The van der Waals surface area contributed by atoms with E-state index in [2.05, 4.69) is 10.5 Å². The van der Waals surface area contributed by atoms with Gasteiger partial charge in [-0.15, -0.1) is 0 Å². The average Bonchev–Trinajstić information content (AvgIpc) is 2.24. The van der Waals surface area contributed by atoms with Gasteiger partial charge in [0.1, 0.15) is 5.84 Å². The van der Waals surface area contributed by atoms with Crippen molar-refractivity contribution in [1.29, 1.82) is 0 Å². The summed E-state index contributed by atoms with van der Waals surface area (Å²) < 4.78 is 0. The van der Waals surface area contributed by atoms with Crippen LogP contribution in [0.5, 0.6) is 0 Å². The molecule has 0 radical (unpaired) electrons. The van der Waals surface area contributed by atoms with E-state index in [4.69, 9.17) is 22.5 Å². The number of nitrogens with zero attached hydrogens (tertiary/aromatic N) is 1. The van der Waals surface area contributed by atoms with Gasteiger partial charge in [0, 0.05) is 10.7 Å². The van der Waals surface area contributed by atoms with Gasteiger partial charge in [-0.3, -0.25) is 4.79 Å². The summed E-state index contributed by atoms with van der Waals surface area (Å²) in [4.78, 5) is 11.4. The highest BCUT2D eigenvalue weighted by molar-refractivity contribution is 6.31. The minimum Gasteiger partial charge on any atom is -0.409 e. The average molecular weight is 242 g/mol. The molecule has 5 nitrogen and oxygen atoms in total. The lowest BCUT2D eigenvalue weighted by atomic mass is 10.2. The normalized spacial score (nSPS) is 11.2. The summed E-state index contributed by atoms with van der Waals surface area (Å²) in [7, 11) is 0. The van der Waals surface area contributed by atoms with Crippen LogP contribution < -0.4 is 11.1 Å². The van der Waals surface area contributed by atoms with Crippen molar-refractivity contribution in [1.82, 2.24) is 0 Å². The Morgan fingerprint density at radius 1 is 1.62 bits per heavy atom. The van der Waals surface area contributed by atoms with Crippen LogP contribution in [0.2, 0.25) is 5.02 Å². The second-order valence-electron chi connectivity index (χ2n) is 3.23. The van der Waals surface area contributed by atoms with Gasteiger partial charge < -0.3 is 16.3 Å². The molecule has 0 aliphatic heterocycles. The fourth-order valence-electron chi connectivity index (χ4n) is 1.14. The maximum Gasteiger partial charge on any atom is 0.232 e. The maximum atomic E-state index is 11.4. The second kappa shape index (κ2) is 5.37. The molecule has 1 aromatic carbocycles. The number of amidine groups is 1. The molecule has 0 aliphatic carbocycles. The number of anilines is 1. The summed E-state index contributed by atoms with van der Waals surface area (Å²) in [6.45, 7) is 1.79. The van der Waals surface area contributed by atoms with E-state index in [1.54, 1.807) is 25.1 Å². The highest BCUT2D eigenvalue weighted by Crippen LogP contribution is 2.22. The molecule has 1 aromatic rings. The number of nitrogens with two attached hydrogens (primary N) is 1. The lowest BCUT2D eigenvalue weighted by Gasteiger charge is -2.08. The number of nitrogens with one attached hydrogen (secondary N) is 1. The zero-order valence-corrected chi connectivity index (χ0v) is 9.45. The van der Waals surface area contributed by atoms with E-state index in [0.29, 0.717) is 10.7 Å². The van der Waals surface area contributed by atoms with Crippen LogP contribution in [-0.2, 0) is 4.79 Å². The van der Waals surface area contributed by atoms with E-state index < -0.39 is 0 Å². The van der Waals surface area contributed by atoms with Gasteiger partial charge in [-0.2, -0.15) is 0 Å². The number of amides is 1. The SMILES string of the molecule is Cc1c(Cl)cccc1NC(=O)CC(N)=NO. The molecule has 0 unspecified atom stereocenters. The number of benzene rings is 1. The Labute approximate surface area is 97.9 Å². The zero-order chi connectivity index (χ0) is 12.1. The second-order valence-corrected chi connectivity index (χ2v) is 3.64. The summed E-state index contributed by atoms with van der Waals surface area (Å²) in [5, 5.41) is 14.2. The van der Waals surface area contributed by atoms with Gasteiger partial charge in [0.2, 0.25) is 5.91 Å². The molecule has 0 aliphatic rings. The molecule has 1 amide bonds. The van der Waals surface area contributed by atoms with Crippen LogP contribution >= 0.6 is 11.6 Å². The van der Waals surface area contributed by atoms with Crippen LogP contribution in [0.4, 0.5) is 5.69 Å². The Morgan fingerprint density at radius 3 is 2.94 bits per heavy atom. The monoisotopic (exact) mass is 241 g/mol. The van der Waals surface area contributed by atoms with Crippen LogP contribution in [0, 0.1) is 6.92 Å². The van der Waals surface area contributed by atoms with Crippen molar-refractivity contribution in [3.63, 3.8) is 0 Å². The Morgan fingerprint density at radius 2 is 2.31 bits per heavy atom. The zero-order valence-electron chi connectivity index (χ0n) is 8.70. The first-order valence-electron chi connectivity index (χ1n) is 4.56. The summed E-state index contributed by atoms with van der Waals surface area (Å²) in [5.74, 6) is -0.502. The summed E-state index contributed by atoms with van der Waals surface area (Å²) in [6, 6.07) is 5.19. The Hall–Kier alpha value is -1.75. The Bertz CT molecular complexity index is 432. The lowest BCUT2D eigenvalue weighted by molar-refractivity contribution is -0.115. The topological polar surface area (TPSA) is 87.7 Å². The van der Waals surface area contributed by atoms with E-state index >= 15 is 0 Å². The van der Waals surface area contributed by atoms with E-state index in [9.17, 15) is 4.79 Å². The first kappa shape index (κ1) is 12.3. The molecule has 6 heteroatoms. The van der Waals surface area contributed by atoms with Gasteiger partial charge in [-0.05, 0) is 24.6 Å². The van der Waals surface area contributed by atoms with Gasteiger partial charge in [-0.1, -0.05) is 22.8 Å². The van der Waals surface area contributed by atoms with Gasteiger partial charge in [-0.25, -0.2) is 0 Å². The molecule has 1 rings (SSSR count). The molecule has 16 heavy (non-hydrogen) atoms. The molecule has 86 valence electrons. The fourth-order valence-corrected chi connectivity index (χ4v) is 1.31. The number of hydrogen-bond donors (Lipinski definition) is 3. The van der Waals surface area contributed by atoms with Crippen LogP contribution in [0.1, 0.15) is 12.0 Å². The van der Waals surface area contributed by atoms with Crippen molar-refractivity contribution in [3.8, 4) is 0 Å². The van der Waals surface area contributed by atoms with Gasteiger partial charge in [0.15, 0.2) is 0 Å². The first-order chi connectivity index (χ1) is 7.54. The predicted octanol–water partition coefficient (Wildman–Crippen LogP) is 1.72. The molecule has 0 fully saturated rings. The molecular weight excluding hydrogens is 230 g/mol. The molecular formula is C10H12ClN3O2. The first-order valence-corrected chi connectivity index (χ1v) is 4.93. The minimum atomic E-state index is -0.360. The molecule has 0 saturated heterocycles. The third kappa shape index (κ3) is 3.13. The molecule has 0 heterocycles. The predicted molar refractivity (Wildman–Crippen MR) is 62.8 cm³/mol. The molecule has 4 N–H and O–H groups in total. The van der Waals surface area contributed by atoms with Gasteiger partial charge in [0.25, 0.3) is 0 Å². The highest BCUT2D eigenvalue weighted by atomic mass is 35.5. The van der Waals surface area contributed by atoms with Crippen LogP contribution in [-0.4, -0.2) is 17.0 Å². The van der Waals surface area contributed by atoms with E-state index in [0.717, 1.165) is 5.56 Å². The third-order valence-electron chi connectivity index (χ3n) is 2.01. The highest BCUT2D eigenvalue weighted by Gasteiger charge is 2.08. The van der Waals surface area contributed by atoms with E-state index in [-0.39, 0.29) is 18.2 Å².